The van der Waals surface area contributed by atoms with E-state index >= 15 is 0 Å². The Kier molecular flexibility index (Phi) is 5.23. The fourth-order valence-electron chi connectivity index (χ4n) is 1.97. The van der Waals surface area contributed by atoms with Gasteiger partial charge in [-0.15, -0.1) is 0 Å². The molecule has 2 aromatic rings. The van der Waals surface area contributed by atoms with Gasteiger partial charge in [-0.3, -0.25) is 4.79 Å². The standard InChI is InChI=1S/C17H18ClNO2/c1-12-4-3-5-16(10-12)21-11-17(20)19-13(2)14-6-8-15(18)9-7-14/h3-10,13H,11H2,1-2H3,(H,19,20)/t13-/m0/s1. The highest BCUT2D eigenvalue weighted by atomic mass is 35.5. The maximum Gasteiger partial charge on any atom is 0.258 e. The molecule has 0 aliphatic heterocycles. The van der Waals surface area contributed by atoms with Gasteiger partial charge in [-0.05, 0) is 49.2 Å². The van der Waals surface area contributed by atoms with E-state index in [1.54, 1.807) is 0 Å². The maximum absolute atomic E-state index is 11.9. The van der Waals surface area contributed by atoms with E-state index in [-0.39, 0.29) is 18.6 Å². The largest absolute Gasteiger partial charge is 0.484 e. The minimum Gasteiger partial charge on any atom is -0.484 e. The Labute approximate surface area is 129 Å². The van der Waals surface area contributed by atoms with E-state index in [1.165, 1.54) is 0 Å². The molecule has 1 N–H and O–H groups in total. The number of halogens is 1. The molecule has 21 heavy (non-hydrogen) atoms. The number of benzene rings is 2. The summed E-state index contributed by atoms with van der Waals surface area (Å²) in [5.74, 6) is 0.545. The molecule has 0 saturated heterocycles. The molecule has 2 rings (SSSR count). The number of hydrogen-bond acceptors (Lipinski definition) is 2. The summed E-state index contributed by atoms with van der Waals surface area (Å²) in [7, 11) is 0. The highest BCUT2D eigenvalue weighted by Gasteiger charge is 2.10. The molecule has 4 heteroatoms. The maximum atomic E-state index is 11.9. The van der Waals surface area contributed by atoms with Crippen molar-refractivity contribution in [3.8, 4) is 5.75 Å². The Morgan fingerprint density at radius 2 is 1.95 bits per heavy atom. The number of nitrogens with one attached hydrogen (secondary N) is 1. The van der Waals surface area contributed by atoms with Crippen LogP contribution in [0.3, 0.4) is 0 Å². The van der Waals surface area contributed by atoms with E-state index in [2.05, 4.69) is 5.32 Å². The molecule has 2 aromatic carbocycles. The molecule has 1 amide bonds. The van der Waals surface area contributed by atoms with Gasteiger partial charge < -0.3 is 10.1 Å². The molecule has 0 radical (unpaired) electrons. The highest BCUT2D eigenvalue weighted by molar-refractivity contribution is 6.30. The second-order valence-electron chi connectivity index (χ2n) is 4.95. The first-order valence-corrected chi connectivity index (χ1v) is 7.16. The fourth-order valence-corrected chi connectivity index (χ4v) is 2.10. The number of amides is 1. The zero-order chi connectivity index (χ0) is 15.2. The number of aryl methyl sites for hydroxylation is 1. The summed E-state index contributed by atoms with van der Waals surface area (Å²) in [5, 5.41) is 3.57. The van der Waals surface area contributed by atoms with E-state index in [0.717, 1.165) is 11.1 Å². The van der Waals surface area contributed by atoms with Crippen LogP contribution < -0.4 is 10.1 Å². The first-order valence-electron chi connectivity index (χ1n) is 6.79. The monoisotopic (exact) mass is 303 g/mol. The van der Waals surface area contributed by atoms with Crippen molar-refractivity contribution in [2.45, 2.75) is 19.9 Å². The molecule has 0 aliphatic carbocycles. The van der Waals surface area contributed by atoms with E-state index in [4.69, 9.17) is 16.3 Å². The van der Waals surface area contributed by atoms with Crippen molar-refractivity contribution in [1.82, 2.24) is 5.32 Å². The van der Waals surface area contributed by atoms with Crippen molar-refractivity contribution >= 4 is 17.5 Å². The van der Waals surface area contributed by atoms with Crippen molar-refractivity contribution in [1.29, 1.82) is 0 Å². The summed E-state index contributed by atoms with van der Waals surface area (Å²) in [6, 6.07) is 14.9. The van der Waals surface area contributed by atoms with Gasteiger partial charge >= 0.3 is 0 Å². The van der Waals surface area contributed by atoms with E-state index in [9.17, 15) is 4.79 Å². The minimum absolute atomic E-state index is 0.00137. The van der Waals surface area contributed by atoms with Gasteiger partial charge in [0.05, 0.1) is 6.04 Å². The van der Waals surface area contributed by atoms with Crippen LogP contribution in [0.1, 0.15) is 24.1 Å². The Bertz CT molecular complexity index is 610. The second kappa shape index (κ2) is 7.14. The van der Waals surface area contributed by atoms with Crippen LogP contribution in [0.15, 0.2) is 48.5 Å². The van der Waals surface area contributed by atoms with Crippen LogP contribution in [-0.4, -0.2) is 12.5 Å². The molecule has 0 fully saturated rings. The van der Waals surface area contributed by atoms with Gasteiger partial charge in [0.2, 0.25) is 0 Å². The van der Waals surface area contributed by atoms with Gasteiger partial charge in [0.1, 0.15) is 5.75 Å². The smallest absolute Gasteiger partial charge is 0.258 e. The van der Waals surface area contributed by atoms with Crippen molar-refractivity contribution < 1.29 is 9.53 Å². The summed E-state index contributed by atoms with van der Waals surface area (Å²) in [4.78, 5) is 11.9. The Morgan fingerprint density at radius 3 is 2.62 bits per heavy atom. The summed E-state index contributed by atoms with van der Waals surface area (Å²) in [5.41, 5.74) is 2.10. The average Bonchev–Trinajstić information content (AvgIpc) is 2.46. The van der Waals surface area contributed by atoms with Crippen LogP contribution in [0.5, 0.6) is 5.75 Å². The lowest BCUT2D eigenvalue weighted by atomic mass is 10.1. The van der Waals surface area contributed by atoms with Crippen LogP contribution in [0.2, 0.25) is 5.02 Å². The number of ether oxygens (including phenoxy) is 1. The van der Waals surface area contributed by atoms with Crippen LogP contribution in [-0.2, 0) is 4.79 Å². The number of carbonyl (C=O) groups excluding carboxylic acids is 1. The van der Waals surface area contributed by atoms with Gasteiger partial charge in [-0.25, -0.2) is 0 Å². The third kappa shape index (κ3) is 4.80. The Balaban J connectivity index is 1.85. The lowest BCUT2D eigenvalue weighted by Gasteiger charge is -2.15. The zero-order valence-electron chi connectivity index (χ0n) is 12.1. The molecule has 3 nitrogen and oxygen atoms in total. The number of carbonyl (C=O) groups is 1. The molecule has 0 saturated carbocycles. The average molecular weight is 304 g/mol. The molecule has 0 bridgehead atoms. The van der Waals surface area contributed by atoms with E-state index in [0.29, 0.717) is 10.8 Å². The van der Waals surface area contributed by atoms with Crippen LogP contribution in [0, 0.1) is 6.92 Å². The molecule has 0 spiro atoms. The summed E-state index contributed by atoms with van der Waals surface area (Å²) >= 11 is 5.85. The number of hydrogen-bond donors (Lipinski definition) is 1. The summed E-state index contributed by atoms with van der Waals surface area (Å²) in [6.07, 6.45) is 0. The molecule has 0 unspecified atom stereocenters. The first-order chi connectivity index (χ1) is 10.0. The summed E-state index contributed by atoms with van der Waals surface area (Å²) < 4.78 is 5.47. The number of rotatable bonds is 5. The lowest BCUT2D eigenvalue weighted by molar-refractivity contribution is -0.123. The van der Waals surface area contributed by atoms with Crippen LogP contribution in [0.25, 0.3) is 0 Å². The molecule has 0 heterocycles. The Hall–Kier alpha value is -2.00. The minimum atomic E-state index is -0.154. The van der Waals surface area contributed by atoms with Crippen LogP contribution >= 0.6 is 11.6 Å². The third-order valence-electron chi connectivity index (χ3n) is 3.11. The normalized spacial score (nSPS) is 11.8. The molecule has 110 valence electrons. The SMILES string of the molecule is Cc1cccc(OCC(=O)N[C@@H](C)c2ccc(Cl)cc2)c1. The summed E-state index contributed by atoms with van der Waals surface area (Å²) in [6.45, 7) is 3.91. The van der Waals surface area contributed by atoms with Crippen molar-refractivity contribution in [3.05, 3.63) is 64.7 Å². The van der Waals surface area contributed by atoms with Crippen molar-refractivity contribution in [3.63, 3.8) is 0 Å². The topological polar surface area (TPSA) is 38.3 Å². The van der Waals surface area contributed by atoms with Crippen molar-refractivity contribution in [2.75, 3.05) is 6.61 Å². The van der Waals surface area contributed by atoms with E-state index in [1.807, 2.05) is 62.4 Å². The van der Waals surface area contributed by atoms with Crippen LogP contribution in [0.4, 0.5) is 0 Å². The van der Waals surface area contributed by atoms with E-state index < -0.39 is 0 Å². The quantitative estimate of drug-likeness (QED) is 0.909. The second-order valence-corrected chi connectivity index (χ2v) is 5.38. The van der Waals surface area contributed by atoms with Crippen molar-refractivity contribution in [2.24, 2.45) is 0 Å². The zero-order valence-corrected chi connectivity index (χ0v) is 12.9. The highest BCUT2D eigenvalue weighted by Crippen LogP contribution is 2.16. The van der Waals surface area contributed by atoms with Gasteiger partial charge in [0, 0.05) is 5.02 Å². The molecular formula is C17H18ClNO2. The van der Waals surface area contributed by atoms with Gasteiger partial charge in [-0.2, -0.15) is 0 Å². The third-order valence-corrected chi connectivity index (χ3v) is 3.36. The van der Waals surface area contributed by atoms with Gasteiger partial charge in [0.15, 0.2) is 6.61 Å². The first kappa shape index (κ1) is 15.4. The fraction of sp³-hybridized carbons (Fsp3) is 0.235. The predicted octanol–water partition coefficient (Wildman–Crippen LogP) is 3.90. The molecular weight excluding hydrogens is 286 g/mol. The Morgan fingerprint density at radius 1 is 1.24 bits per heavy atom. The molecule has 0 aliphatic rings. The van der Waals surface area contributed by atoms with Gasteiger partial charge in [-0.1, -0.05) is 35.9 Å². The lowest BCUT2D eigenvalue weighted by Crippen LogP contribution is -2.31. The molecule has 0 aromatic heterocycles. The van der Waals surface area contributed by atoms with Gasteiger partial charge in [0.25, 0.3) is 5.91 Å². The molecule has 1 atom stereocenters. The predicted molar refractivity (Wildman–Crippen MR) is 84.7 cm³/mol.